The fraction of sp³-hybridized carbons (Fsp3) is 0.222. The number of hydrogen-bond donors (Lipinski definition) is 1. The predicted octanol–water partition coefficient (Wildman–Crippen LogP) is 4.10. The highest BCUT2D eigenvalue weighted by Gasteiger charge is 2.30. The van der Waals surface area contributed by atoms with E-state index in [0.29, 0.717) is 5.69 Å². The molecule has 0 fully saturated rings. The lowest BCUT2D eigenvalue weighted by molar-refractivity contribution is -0.137. The molecule has 0 aliphatic rings. The highest BCUT2D eigenvalue weighted by molar-refractivity contribution is 5.92. The number of aryl methyl sites for hydroxylation is 1. The summed E-state index contributed by atoms with van der Waals surface area (Å²) in [7, 11) is 0. The van der Waals surface area contributed by atoms with Crippen LogP contribution in [-0.2, 0) is 23.8 Å². The van der Waals surface area contributed by atoms with Crippen molar-refractivity contribution in [3.8, 4) is 0 Å². The first-order valence-electron chi connectivity index (χ1n) is 7.79. The molecule has 0 unspecified atom stereocenters. The van der Waals surface area contributed by atoms with Crippen molar-refractivity contribution in [3.05, 3.63) is 65.6 Å². The van der Waals surface area contributed by atoms with Crippen LogP contribution in [0.4, 0.5) is 18.9 Å². The zero-order chi connectivity index (χ0) is 18.0. The molecular formula is C18H16F3N3O. The number of anilines is 1. The zero-order valence-electron chi connectivity index (χ0n) is 13.5. The lowest BCUT2D eigenvalue weighted by Crippen LogP contribution is -2.17. The molecule has 1 aromatic carbocycles. The summed E-state index contributed by atoms with van der Waals surface area (Å²) in [5.41, 5.74) is 2.17. The van der Waals surface area contributed by atoms with E-state index in [1.165, 1.54) is 12.1 Å². The first-order valence-corrected chi connectivity index (χ1v) is 7.79. The summed E-state index contributed by atoms with van der Waals surface area (Å²) in [6, 6.07) is 8.21. The second-order valence-corrected chi connectivity index (χ2v) is 5.61. The van der Waals surface area contributed by atoms with Gasteiger partial charge in [-0.1, -0.05) is 13.0 Å². The molecule has 0 aliphatic heterocycles. The van der Waals surface area contributed by atoms with Crippen molar-refractivity contribution >= 4 is 17.2 Å². The molecule has 0 bridgehead atoms. The molecule has 25 heavy (non-hydrogen) atoms. The largest absolute Gasteiger partial charge is 0.416 e. The summed E-state index contributed by atoms with van der Waals surface area (Å²) >= 11 is 0. The van der Waals surface area contributed by atoms with Crippen LogP contribution in [0.25, 0.3) is 5.65 Å². The third-order valence-electron chi connectivity index (χ3n) is 3.97. The van der Waals surface area contributed by atoms with Crippen LogP contribution < -0.4 is 5.32 Å². The SMILES string of the molecule is CCc1ccc2nccn2c1CC(=O)Nc1ccc(C(F)(F)F)cc1. The minimum Gasteiger partial charge on any atom is -0.326 e. The quantitative estimate of drug-likeness (QED) is 0.772. The van der Waals surface area contributed by atoms with E-state index in [0.717, 1.165) is 35.5 Å². The number of alkyl halides is 3. The van der Waals surface area contributed by atoms with Gasteiger partial charge in [0.1, 0.15) is 5.65 Å². The van der Waals surface area contributed by atoms with Gasteiger partial charge >= 0.3 is 6.18 Å². The molecule has 130 valence electrons. The van der Waals surface area contributed by atoms with Gasteiger partial charge in [0, 0.05) is 23.8 Å². The Morgan fingerprint density at radius 3 is 2.52 bits per heavy atom. The molecule has 0 radical (unpaired) electrons. The number of amides is 1. The Morgan fingerprint density at radius 1 is 1.16 bits per heavy atom. The van der Waals surface area contributed by atoms with Crippen LogP contribution in [0.1, 0.15) is 23.7 Å². The fourth-order valence-corrected chi connectivity index (χ4v) is 2.71. The highest BCUT2D eigenvalue weighted by Crippen LogP contribution is 2.29. The summed E-state index contributed by atoms with van der Waals surface area (Å²) in [4.78, 5) is 16.5. The molecule has 1 amide bonds. The number of rotatable bonds is 4. The van der Waals surface area contributed by atoms with Gasteiger partial charge in [0.25, 0.3) is 0 Å². The first kappa shape index (κ1) is 17.0. The molecule has 3 aromatic rings. The van der Waals surface area contributed by atoms with Crippen molar-refractivity contribution in [3.63, 3.8) is 0 Å². The molecule has 0 atom stereocenters. The number of benzene rings is 1. The number of nitrogens with one attached hydrogen (secondary N) is 1. The number of pyridine rings is 1. The average molecular weight is 347 g/mol. The van der Waals surface area contributed by atoms with E-state index in [4.69, 9.17) is 0 Å². The zero-order valence-corrected chi connectivity index (χ0v) is 13.5. The van der Waals surface area contributed by atoms with Gasteiger partial charge in [0.2, 0.25) is 5.91 Å². The van der Waals surface area contributed by atoms with Crippen molar-refractivity contribution in [1.82, 2.24) is 9.38 Å². The number of carbonyl (C=O) groups is 1. The summed E-state index contributed by atoms with van der Waals surface area (Å²) in [5, 5.41) is 2.64. The molecule has 7 heteroatoms. The Bertz CT molecular complexity index is 898. The predicted molar refractivity (Wildman–Crippen MR) is 88.3 cm³/mol. The van der Waals surface area contributed by atoms with E-state index in [-0.39, 0.29) is 12.3 Å². The van der Waals surface area contributed by atoms with E-state index in [1.54, 1.807) is 12.4 Å². The van der Waals surface area contributed by atoms with Crippen molar-refractivity contribution in [2.75, 3.05) is 5.32 Å². The highest BCUT2D eigenvalue weighted by atomic mass is 19.4. The Labute approximate surface area is 142 Å². The van der Waals surface area contributed by atoms with Crippen LogP contribution in [0.5, 0.6) is 0 Å². The monoisotopic (exact) mass is 347 g/mol. The molecule has 2 heterocycles. The van der Waals surface area contributed by atoms with Gasteiger partial charge in [0.15, 0.2) is 0 Å². The topological polar surface area (TPSA) is 46.4 Å². The minimum atomic E-state index is -4.39. The maximum absolute atomic E-state index is 12.6. The third kappa shape index (κ3) is 3.65. The lowest BCUT2D eigenvalue weighted by atomic mass is 10.1. The van der Waals surface area contributed by atoms with Gasteiger partial charge in [-0.2, -0.15) is 13.2 Å². The van der Waals surface area contributed by atoms with Crippen LogP contribution in [0, 0.1) is 0 Å². The van der Waals surface area contributed by atoms with Crippen LogP contribution in [-0.4, -0.2) is 15.3 Å². The summed E-state index contributed by atoms with van der Waals surface area (Å²) in [6.45, 7) is 2.00. The maximum Gasteiger partial charge on any atom is 0.416 e. The molecule has 3 rings (SSSR count). The number of halogens is 3. The number of aromatic nitrogens is 2. The van der Waals surface area contributed by atoms with Crippen LogP contribution in [0.2, 0.25) is 0 Å². The third-order valence-corrected chi connectivity index (χ3v) is 3.97. The Morgan fingerprint density at radius 2 is 1.88 bits per heavy atom. The second-order valence-electron chi connectivity index (χ2n) is 5.61. The van der Waals surface area contributed by atoms with E-state index < -0.39 is 11.7 Å². The van der Waals surface area contributed by atoms with Crippen molar-refractivity contribution in [2.24, 2.45) is 0 Å². The molecule has 0 aliphatic carbocycles. The standard InChI is InChI=1S/C18H16F3N3O/c1-2-12-3-8-16-22-9-10-24(16)15(12)11-17(25)23-14-6-4-13(5-7-14)18(19,20)21/h3-10H,2,11H2,1H3,(H,23,25). The second kappa shape index (κ2) is 6.58. The Balaban J connectivity index is 1.78. The van der Waals surface area contributed by atoms with Gasteiger partial charge < -0.3 is 9.72 Å². The normalized spacial score (nSPS) is 11.7. The fourth-order valence-electron chi connectivity index (χ4n) is 2.71. The van der Waals surface area contributed by atoms with E-state index in [9.17, 15) is 18.0 Å². The number of imidazole rings is 1. The Hall–Kier alpha value is -2.83. The number of hydrogen-bond acceptors (Lipinski definition) is 2. The Kier molecular flexibility index (Phi) is 4.48. The van der Waals surface area contributed by atoms with E-state index in [2.05, 4.69) is 10.3 Å². The molecule has 1 N–H and O–H groups in total. The van der Waals surface area contributed by atoms with Crippen molar-refractivity contribution in [1.29, 1.82) is 0 Å². The molecule has 4 nitrogen and oxygen atoms in total. The smallest absolute Gasteiger partial charge is 0.326 e. The summed E-state index contributed by atoms with van der Waals surface area (Å²) in [6.07, 6.45) is -0.0776. The van der Waals surface area contributed by atoms with Gasteiger partial charge in [-0.3, -0.25) is 4.79 Å². The number of carbonyl (C=O) groups excluding carboxylic acids is 1. The van der Waals surface area contributed by atoms with E-state index in [1.807, 2.05) is 23.5 Å². The van der Waals surface area contributed by atoms with Crippen LogP contribution in [0.3, 0.4) is 0 Å². The average Bonchev–Trinajstić information content (AvgIpc) is 3.04. The number of fused-ring (bicyclic) bond motifs is 1. The number of nitrogens with zero attached hydrogens (tertiary/aromatic N) is 2. The van der Waals surface area contributed by atoms with Crippen LogP contribution >= 0.6 is 0 Å². The van der Waals surface area contributed by atoms with Gasteiger partial charge in [-0.05, 0) is 42.3 Å². The summed E-state index contributed by atoms with van der Waals surface area (Å²) < 4.78 is 39.6. The summed E-state index contributed by atoms with van der Waals surface area (Å²) in [5.74, 6) is -0.296. The molecule has 0 saturated heterocycles. The van der Waals surface area contributed by atoms with Crippen molar-refractivity contribution < 1.29 is 18.0 Å². The molecule has 0 saturated carbocycles. The van der Waals surface area contributed by atoms with Crippen LogP contribution in [0.15, 0.2) is 48.8 Å². The van der Waals surface area contributed by atoms with Gasteiger partial charge in [0.05, 0.1) is 12.0 Å². The molecule has 2 aromatic heterocycles. The molecule has 0 spiro atoms. The van der Waals surface area contributed by atoms with E-state index >= 15 is 0 Å². The molecular weight excluding hydrogens is 331 g/mol. The first-order chi connectivity index (χ1) is 11.9. The minimum absolute atomic E-state index is 0.109. The van der Waals surface area contributed by atoms with Gasteiger partial charge in [-0.15, -0.1) is 0 Å². The maximum atomic E-state index is 12.6. The lowest BCUT2D eigenvalue weighted by Gasteiger charge is -2.12. The van der Waals surface area contributed by atoms with Gasteiger partial charge in [-0.25, -0.2) is 4.98 Å². The van der Waals surface area contributed by atoms with Crippen molar-refractivity contribution in [2.45, 2.75) is 25.9 Å².